The minimum atomic E-state index is -0.871. The molecule has 9 aromatic carbocycles. The number of likely N-dealkylation sites (tertiary alicyclic amines) is 2. The zero-order valence-corrected chi connectivity index (χ0v) is 88.4. The summed E-state index contributed by atoms with van der Waals surface area (Å²) in [5, 5.41) is 55.6. The largest absolute Gasteiger partial charge is 0.508 e. The lowest BCUT2D eigenvalue weighted by Gasteiger charge is -2.35. The van der Waals surface area contributed by atoms with Crippen LogP contribution in [0.1, 0.15) is 113 Å². The van der Waals surface area contributed by atoms with Gasteiger partial charge >= 0.3 is 0 Å². The molecule has 7 atom stereocenters. The highest BCUT2D eigenvalue weighted by molar-refractivity contribution is 9.10. The van der Waals surface area contributed by atoms with Gasteiger partial charge in [0.25, 0.3) is 0 Å². The maximum absolute atomic E-state index is 13.8. The number of amides is 5. The van der Waals surface area contributed by atoms with Gasteiger partial charge in [-0.3, -0.25) is 38.3 Å². The average Bonchev–Trinajstić information content (AvgIpc) is 1.62. The van der Waals surface area contributed by atoms with Crippen LogP contribution in [0, 0.1) is 44.3 Å². The van der Waals surface area contributed by atoms with Gasteiger partial charge < -0.3 is 80.5 Å². The van der Waals surface area contributed by atoms with E-state index in [1.165, 1.54) is 33.3 Å². The predicted molar refractivity (Wildman–Crippen MR) is 575 cm³/mol. The fourth-order valence-corrected chi connectivity index (χ4v) is 21.4. The van der Waals surface area contributed by atoms with E-state index in [0.29, 0.717) is 44.2 Å². The number of likely N-dealkylation sites (N-methyl/N-ethyl adjacent to an activating group) is 1. The van der Waals surface area contributed by atoms with Crippen LogP contribution in [-0.2, 0) is 52.9 Å². The Morgan fingerprint density at radius 1 is 0.538 bits per heavy atom. The number of carbonyl (C=O) groups is 6. The fourth-order valence-electron chi connectivity index (χ4n) is 17.1. The monoisotopic (exact) mass is 2100 g/mol. The highest BCUT2D eigenvalue weighted by Gasteiger charge is 2.47. The Balaban J connectivity index is 0.000000153. The SMILES string of the molecule is CN1CCN(CCOc2ccc(Oc3c(-c4ccc(Br)cc4)sc4cc(O)ccc34)cc2)CC1.Cc1ccc(CC(=O)N[C@H](C(=O)N2C[C@H](O)C[C@H]2C(=O)N[C@@H](C)c2ccc(-c3scnc3C)cc2)C(C)(C)C)cc1.Cc1ccn(CCOc2ccc(Oc3c(-c4ccc(F)cc4)sc4cc(O)ccc34)cc2)n1.Cc1ncsc1-c1ccc(CCC(=O)[C@@H]2C[C@@H](O)CN2C(=O)[C@@H](NC(=O)COCCN)C(C)(C)C)cc1. The second kappa shape index (κ2) is 50.0. The number of β-amino-alcohol motifs (C(OH)–C–C–N with tert-alkyl or cyclic N) is 2. The topological polar surface area (TPSA) is 348 Å². The van der Waals surface area contributed by atoms with Crippen molar-refractivity contribution in [3.8, 4) is 87.8 Å². The van der Waals surface area contributed by atoms with E-state index < -0.39 is 53.1 Å². The van der Waals surface area contributed by atoms with E-state index in [2.05, 4.69) is 75.9 Å². The van der Waals surface area contributed by atoms with Gasteiger partial charge in [0.1, 0.15) is 78.3 Å². The van der Waals surface area contributed by atoms with Crippen molar-refractivity contribution >= 4 is 117 Å². The standard InChI is InChI=1S/C32H40N4O4S.C27H27BrN2O3S.C27H38N4O5S.C26H21FN2O3S/c1-19-7-9-22(10-8-19)15-27(38)35-29(32(4,5)6)31(40)36-17-25(37)16-26(36)30(39)34-20(2)23-11-13-24(14-12-23)28-21(3)33-18-41-28;1-29-12-14-30(15-13-29)16-17-32-22-7-9-23(10-8-22)33-26-24-11-6-21(31)18-25(24)34-27(26)19-2-4-20(28)5-3-19;1-17-24(37-16-29-17)19-8-5-18(6-9-19)7-10-22(33)21-13-20(32)14-31(21)26(35)25(27(2,3)4)30-23(34)15-36-12-11-28;1-17-12-13-29(28-17)14-15-31-21-7-9-22(10-8-21)32-25-23-11-6-20(30)16-24(23)33-26(25)18-2-4-19(27)5-3-18/h7-14,18,20,25-26,29,37H,15-17H2,1-6H3,(H,34,39)(H,35,38);2-11,18,31H,12-17H2,1H3;5-6,8-9,16,20-21,25,32H,7,10-15,28H2,1-4H3,(H,30,34);2-13,16,30H,14-15H2,1H3/t20-,25+,26-,29+;;20-,21+,25-;/m0.1./s1. The first kappa shape index (κ1) is 108. The molecule has 0 spiro atoms. The molecule has 0 aliphatic carbocycles. The number of halogens is 2. The summed E-state index contributed by atoms with van der Waals surface area (Å²) in [6.45, 7) is 28.6. The molecule has 762 valence electrons. The first-order valence-corrected chi connectivity index (χ1v) is 52.6. The molecule has 17 rings (SSSR count). The molecule has 8 heterocycles. The molecule has 3 saturated heterocycles. The number of aromatic nitrogens is 4. The van der Waals surface area contributed by atoms with E-state index in [9.17, 15) is 53.6 Å². The lowest BCUT2D eigenvalue weighted by Crippen LogP contribution is -2.58. The van der Waals surface area contributed by atoms with Gasteiger partial charge in [0.2, 0.25) is 29.5 Å². The first-order valence-electron chi connectivity index (χ1n) is 48.4. The van der Waals surface area contributed by atoms with Crippen LogP contribution in [0.4, 0.5) is 4.39 Å². The number of nitrogens with zero attached hydrogens (tertiary/aromatic N) is 8. The number of carbonyl (C=O) groups excluding carboxylic acids is 6. The molecule has 5 amide bonds. The van der Waals surface area contributed by atoms with Crippen LogP contribution >= 0.6 is 61.3 Å². The Morgan fingerprint density at radius 3 is 1.49 bits per heavy atom. The number of benzene rings is 9. The summed E-state index contributed by atoms with van der Waals surface area (Å²) in [6, 6.07) is 62.4. The van der Waals surface area contributed by atoms with E-state index in [-0.39, 0.29) is 105 Å². The third kappa shape index (κ3) is 29.6. The van der Waals surface area contributed by atoms with E-state index in [4.69, 9.17) is 29.4 Å². The summed E-state index contributed by atoms with van der Waals surface area (Å²) in [5.41, 5.74) is 18.8. The lowest BCUT2D eigenvalue weighted by molar-refractivity contribution is -0.144. The van der Waals surface area contributed by atoms with Crippen molar-refractivity contribution in [3.63, 3.8) is 0 Å². The highest BCUT2D eigenvalue weighted by atomic mass is 79.9. The van der Waals surface area contributed by atoms with Gasteiger partial charge in [0.15, 0.2) is 17.3 Å². The summed E-state index contributed by atoms with van der Waals surface area (Å²) in [6.07, 6.45) is 1.58. The number of piperazine rings is 1. The van der Waals surface area contributed by atoms with Crippen LogP contribution in [-0.4, -0.2) is 217 Å². The Hall–Kier alpha value is -12.6. The molecule has 33 heteroatoms. The van der Waals surface area contributed by atoms with Gasteiger partial charge in [-0.05, 0) is 213 Å². The second-order valence-electron chi connectivity index (χ2n) is 38.7. The zero-order valence-electron chi connectivity index (χ0n) is 83.5. The molecule has 3 aliphatic heterocycles. The summed E-state index contributed by atoms with van der Waals surface area (Å²) in [5.74, 6) is 2.72. The molecule has 3 aliphatic rings. The number of thiazole rings is 2. The summed E-state index contributed by atoms with van der Waals surface area (Å²) < 4.78 is 47.9. The number of aliphatic hydroxyl groups is 2. The van der Waals surface area contributed by atoms with Crippen LogP contribution in [0.15, 0.2) is 234 Å². The quantitative estimate of drug-likeness (QED) is 0.0177. The average molecular weight is 2110 g/mol. The van der Waals surface area contributed by atoms with Crippen LogP contribution in [0.3, 0.4) is 0 Å². The van der Waals surface area contributed by atoms with Crippen molar-refractivity contribution in [2.45, 2.75) is 157 Å². The Morgan fingerprint density at radius 2 is 1.00 bits per heavy atom. The number of ketones is 1. The minimum absolute atomic E-state index is 0.0363. The van der Waals surface area contributed by atoms with Gasteiger partial charge in [-0.25, -0.2) is 14.4 Å². The van der Waals surface area contributed by atoms with Crippen LogP contribution in [0.25, 0.3) is 61.9 Å². The number of thiophene rings is 2. The number of nitrogens with two attached hydrogens (primary N) is 1. The number of phenolic OH excluding ortho intramolecular Hbond substituents is 2. The van der Waals surface area contributed by atoms with Crippen molar-refractivity contribution in [1.82, 2.24) is 55.3 Å². The molecule has 0 saturated carbocycles. The first-order chi connectivity index (χ1) is 69.4. The number of fused-ring (bicyclic) bond motifs is 2. The van der Waals surface area contributed by atoms with Crippen molar-refractivity contribution in [2.75, 3.05) is 85.8 Å². The molecule has 3 fully saturated rings. The molecular weight excluding hydrogens is 1980 g/mol. The number of aromatic hydroxyl groups is 2. The number of aliphatic hydroxyl groups excluding tert-OH is 2. The van der Waals surface area contributed by atoms with Gasteiger partial charge in [0, 0.05) is 102 Å². The number of hydrogen-bond acceptors (Lipinski definition) is 25. The minimum Gasteiger partial charge on any atom is -0.508 e. The van der Waals surface area contributed by atoms with Gasteiger partial charge in [-0.1, -0.05) is 160 Å². The molecule has 9 N–H and O–H groups in total. The van der Waals surface area contributed by atoms with Crippen molar-refractivity contribution in [2.24, 2.45) is 16.6 Å². The smallest absolute Gasteiger partial charge is 0.246 e. The molecule has 27 nitrogen and oxygen atoms in total. The van der Waals surface area contributed by atoms with E-state index in [0.717, 1.165) is 161 Å². The van der Waals surface area contributed by atoms with Crippen LogP contribution < -0.4 is 40.6 Å². The third-order valence-electron chi connectivity index (χ3n) is 25.2. The summed E-state index contributed by atoms with van der Waals surface area (Å²) >= 11 is 9.79. The fraction of sp³-hybridized carbons (Fsp3) is 0.348. The van der Waals surface area contributed by atoms with Crippen molar-refractivity contribution in [1.29, 1.82) is 0 Å². The van der Waals surface area contributed by atoms with Gasteiger partial charge in [-0.15, -0.1) is 45.3 Å². The van der Waals surface area contributed by atoms with E-state index in [1.54, 1.807) is 70.4 Å². The van der Waals surface area contributed by atoms with Crippen LogP contribution in [0.2, 0.25) is 0 Å². The Kier molecular flexibility index (Phi) is 37.3. The van der Waals surface area contributed by atoms with Crippen molar-refractivity contribution < 1.29 is 77.3 Å². The number of nitrogens with one attached hydrogen (secondary N) is 3. The number of phenols is 2. The highest BCUT2D eigenvalue weighted by Crippen LogP contribution is 2.50. The molecule has 0 unspecified atom stereocenters. The number of hydrogen-bond donors (Lipinski definition) is 8. The second-order valence-corrected chi connectivity index (χ2v) is 43.4. The molecule has 0 bridgehead atoms. The number of ether oxygens (including phenoxy) is 5. The summed E-state index contributed by atoms with van der Waals surface area (Å²) in [7, 11) is 2.17. The lowest BCUT2D eigenvalue weighted by atomic mass is 9.85. The van der Waals surface area contributed by atoms with Gasteiger partial charge in [0.05, 0.1) is 91.5 Å². The van der Waals surface area contributed by atoms with Crippen molar-refractivity contribution in [3.05, 3.63) is 279 Å². The molecule has 14 aromatic rings. The van der Waals surface area contributed by atoms with Gasteiger partial charge in [-0.2, -0.15) is 5.10 Å². The normalized spacial score (nSPS) is 16.0. The number of rotatable bonds is 33. The Bertz CT molecular complexity index is 6700. The maximum Gasteiger partial charge on any atom is 0.246 e. The molecular formula is C112H126BrFN12O15S4. The predicted octanol–water partition coefficient (Wildman–Crippen LogP) is 19.7. The molecule has 145 heavy (non-hydrogen) atoms. The molecule has 5 aromatic heterocycles. The summed E-state index contributed by atoms with van der Waals surface area (Å²) in [4.78, 5) is 99.8. The molecule has 0 radical (unpaired) electrons. The number of aryl methyl sites for hydroxylation is 5. The Labute approximate surface area is 869 Å². The zero-order chi connectivity index (χ0) is 103. The van der Waals surface area contributed by atoms with E-state index in [1.807, 2.05) is 250 Å². The van der Waals surface area contributed by atoms with E-state index >= 15 is 0 Å². The van der Waals surface area contributed by atoms with Crippen LogP contribution in [0.5, 0.6) is 46.0 Å². The third-order valence-corrected chi connectivity index (χ3v) is 30.1. The maximum atomic E-state index is 13.8. The number of Topliss-reactive ketones (excluding diaryl/α,β-unsaturated/α-hetero) is 1.